The molecule has 0 radical (unpaired) electrons. The number of hydrogen-bond acceptors (Lipinski definition) is 3. The molecule has 1 amide bonds. The van der Waals surface area contributed by atoms with Crippen molar-refractivity contribution in [2.45, 2.75) is 12.8 Å². The highest BCUT2D eigenvalue weighted by atomic mass is 16.1. The van der Waals surface area contributed by atoms with Crippen LogP contribution in [0.25, 0.3) is 23.4 Å². The summed E-state index contributed by atoms with van der Waals surface area (Å²) in [6.45, 7) is 0. The van der Waals surface area contributed by atoms with E-state index in [-0.39, 0.29) is 5.91 Å². The van der Waals surface area contributed by atoms with Crippen LogP contribution >= 0.6 is 0 Å². The highest BCUT2D eigenvalue weighted by molar-refractivity contribution is 6.04. The second kappa shape index (κ2) is 8.36. The van der Waals surface area contributed by atoms with Gasteiger partial charge in [0.05, 0.1) is 11.4 Å². The fourth-order valence-corrected chi connectivity index (χ4v) is 3.81. The van der Waals surface area contributed by atoms with Crippen LogP contribution in [0.2, 0.25) is 0 Å². The van der Waals surface area contributed by atoms with Crippen molar-refractivity contribution in [3.8, 4) is 11.3 Å². The molecular formula is C27H21N3O. The predicted molar refractivity (Wildman–Crippen MR) is 125 cm³/mol. The molecule has 0 unspecified atom stereocenters. The van der Waals surface area contributed by atoms with Gasteiger partial charge in [0.2, 0.25) is 0 Å². The lowest BCUT2D eigenvalue weighted by Gasteiger charge is -2.20. The molecule has 0 aliphatic heterocycles. The molecule has 0 bridgehead atoms. The molecule has 5 rings (SSSR count). The monoisotopic (exact) mass is 403 g/mol. The average molecular weight is 403 g/mol. The number of benzene rings is 3. The topological polar surface area (TPSA) is 54.9 Å². The molecule has 0 atom stereocenters. The van der Waals surface area contributed by atoms with Gasteiger partial charge in [-0.1, -0.05) is 78.9 Å². The number of rotatable bonds is 4. The van der Waals surface area contributed by atoms with E-state index in [4.69, 9.17) is 9.97 Å². The molecular weight excluding hydrogens is 382 g/mol. The van der Waals surface area contributed by atoms with Gasteiger partial charge in [0, 0.05) is 11.1 Å². The fourth-order valence-electron chi connectivity index (χ4n) is 3.81. The van der Waals surface area contributed by atoms with E-state index >= 15 is 0 Å². The van der Waals surface area contributed by atoms with Crippen LogP contribution in [0.1, 0.15) is 32.9 Å². The summed E-state index contributed by atoms with van der Waals surface area (Å²) in [5, 5.41) is 2.97. The van der Waals surface area contributed by atoms with Crippen molar-refractivity contribution in [3.63, 3.8) is 0 Å². The number of aromatic nitrogens is 2. The summed E-state index contributed by atoms with van der Waals surface area (Å²) < 4.78 is 0. The van der Waals surface area contributed by atoms with E-state index in [9.17, 15) is 4.79 Å². The number of nitrogens with zero attached hydrogens (tertiary/aromatic N) is 2. The fraction of sp³-hybridized carbons (Fsp3) is 0.0741. The van der Waals surface area contributed by atoms with Crippen molar-refractivity contribution >= 4 is 23.9 Å². The zero-order chi connectivity index (χ0) is 21.0. The highest BCUT2D eigenvalue weighted by Gasteiger charge is 2.21. The van der Waals surface area contributed by atoms with Gasteiger partial charge in [-0.05, 0) is 42.2 Å². The maximum atomic E-state index is 12.8. The third-order valence-corrected chi connectivity index (χ3v) is 5.40. The Kier molecular flexibility index (Phi) is 5.11. The summed E-state index contributed by atoms with van der Waals surface area (Å²) in [5.41, 5.74) is 6.50. The van der Waals surface area contributed by atoms with E-state index < -0.39 is 0 Å². The Labute approximate surface area is 181 Å². The first-order valence-corrected chi connectivity index (χ1v) is 10.4. The van der Waals surface area contributed by atoms with Crippen molar-refractivity contribution in [2.75, 3.05) is 5.32 Å². The normalized spacial score (nSPS) is 12.3. The predicted octanol–water partition coefficient (Wildman–Crippen LogP) is 5.66. The molecule has 1 aliphatic rings. The first-order chi connectivity index (χ1) is 15.3. The van der Waals surface area contributed by atoms with E-state index in [0.717, 1.165) is 35.4 Å². The van der Waals surface area contributed by atoms with Gasteiger partial charge in [0.25, 0.3) is 5.91 Å². The van der Waals surface area contributed by atoms with Crippen LogP contribution in [0, 0.1) is 0 Å². The van der Waals surface area contributed by atoms with Crippen LogP contribution in [0.5, 0.6) is 0 Å². The van der Waals surface area contributed by atoms with Gasteiger partial charge in [0.1, 0.15) is 5.69 Å². The Hall–Kier alpha value is -4.05. The molecule has 0 spiro atoms. The summed E-state index contributed by atoms with van der Waals surface area (Å²) in [7, 11) is 0. The smallest absolute Gasteiger partial charge is 0.256 e. The van der Waals surface area contributed by atoms with Crippen LogP contribution in [0.3, 0.4) is 0 Å². The quantitative estimate of drug-likeness (QED) is 0.478. The lowest BCUT2D eigenvalue weighted by atomic mass is 9.92. The van der Waals surface area contributed by atoms with E-state index in [2.05, 4.69) is 23.5 Å². The largest absolute Gasteiger partial charge is 0.305 e. The van der Waals surface area contributed by atoms with Crippen LogP contribution in [0.15, 0.2) is 84.9 Å². The Balaban J connectivity index is 1.58. The molecule has 150 valence electrons. The summed E-state index contributed by atoms with van der Waals surface area (Å²) in [5.74, 6) is 0.291. The Bertz CT molecular complexity index is 1260. The molecule has 0 saturated carbocycles. The second-order valence-corrected chi connectivity index (χ2v) is 7.47. The van der Waals surface area contributed by atoms with Crippen LogP contribution < -0.4 is 5.32 Å². The summed E-state index contributed by atoms with van der Waals surface area (Å²) in [6, 6.07) is 27.5. The molecule has 1 heterocycles. The number of amides is 1. The molecule has 1 N–H and O–H groups in total. The standard InChI is InChI=1S/C27H21N3O/c31-27(21-12-5-2-6-13-21)30-26-24(17-15-19-9-3-1-4-10-19)28-25-22-14-8-7-11-20(22)16-18-23(25)29-26/h1-15,17H,16,18H2,(H,29,30,31). The summed E-state index contributed by atoms with van der Waals surface area (Å²) >= 11 is 0. The second-order valence-electron chi connectivity index (χ2n) is 7.47. The Morgan fingerprint density at radius 2 is 1.48 bits per heavy atom. The van der Waals surface area contributed by atoms with Crippen molar-refractivity contribution < 1.29 is 4.79 Å². The average Bonchev–Trinajstić information content (AvgIpc) is 2.84. The molecule has 1 aliphatic carbocycles. The van der Waals surface area contributed by atoms with Gasteiger partial charge in [-0.25, -0.2) is 9.97 Å². The maximum Gasteiger partial charge on any atom is 0.256 e. The number of carbonyl (C=O) groups is 1. The third kappa shape index (κ3) is 4.01. The molecule has 0 saturated heterocycles. The van der Waals surface area contributed by atoms with Gasteiger partial charge in [-0.3, -0.25) is 4.79 Å². The number of carbonyl (C=O) groups excluding carboxylic acids is 1. The van der Waals surface area contributed by atoms with E-state index in [1.54, 1.807) is 12.1 Å². The summed E-state index contributed by atoms with van der Waals surface area (Å²) in [4.78, 5) is 22.6. The van der Waals surface area contributed by atoms with E-state index in [0.29, 0.717) is 17.1 Å². The number of fused-ring (bicyclic) bond motifs is 3. The van der Waals surface area contributed by atoms with Gasteiger partial charge in [-0.2, -0.15) is 0 Å². The SMILES string of the molecule is O=C(Nc1nc2c(nc1C=Cc1ccccc1)-c1ccccc1CC2)c1ccccc1. The van der Waals surface area contributed by atoms with Crippen LogP contribution in [0.4, 0.5) is 5.82 Å². The lowest BCUT2D eigenvalue weighted by Crippen LogP contribution is -2.17. The number of aryl methyl sites for hydroxylation is 2. The highest BCUT2D eigenvalue weighted by Crippen LogP contribution is 2.33. The molecule has 4 aromatic rings. The molecule has 1 aromatic heterocycles. The molecule has 4 nitrogen and oxygen atoms in total. The zero-order valence-electron chi connectivity index (χ0n) is 17.0. The van der Waals surface area contributed by atoms with Gasteiger partial charge < -0.3 is 5.32 Å². The van der Waals surface area contributed by atoms with Gasteiger partial charge in [-0.15, -0.1) is 0 Å². The van der Waals surface area contributed by atoms with Gasteiger partial charge in [0.15, 0.2) is 5.82 Å². The minimum atomic E-state index is -0.194. The minimum Gasteiger partial charge on any atom is -0.305 e. The molecule has 3 aromatic carbocycles. The lowest BCUT2D eigenvalue weighted by molar-refractivity contribution is 0.102. The van der Waals surface area contributed by atoms with Crippen LogP contribution in [-0.4, -0.2) is 15.9 Å². The van der Waals surface area contributed by atoms with Crippen molar-refractivity contribution in [3.05, 3.63) is 113 Å². The minimum absolute atomic E-state index is 0.194. The third-order valence-electron chi connectivity index (χ3n) is 5.40. The van der Waals surface area contributed by atoms with Crippen molar-refractivity contribution in [1.82, 2.24) is 9.97 Å². The number of nitrogens with one attached hydrogen (secondary N) is 1. The molecule has 4 heteroatoms. The Morgan fingerprint density at radius 3 is 2.29 bits per heavy atom. The van der Waals surface area contributed by atoms with Gasteiger partial charge >= 0.3 is 0 Å². The molecule has 0 fully saturated rings. The Morgan fingerprint density at radius 1 is 0.774 bits per heavy atom. The first-order valence-electron chi connectivity index (χ1n) is 10.4. The maximum absolute atomic E-state index is 12.8. The van der Waals surface area contributed by atoms with E-state index in [1.165, 1.54) is 5.56 Å². The van der Waals surface area contributed by atoms with Crippen LogP contribution in [-0.2, 0) is 12.8 Å². The summed E-state index contributed by atoms with van der Waals surface area (Å²) in [6.07, 6.45) is 5.63. The zero-order valence-corrected chi connectivity index (χ0v) is 17.0. The molecule has 31 heavy (non-hydrogen) atoms. The number of anilines is 1. The van der Waals surface area contributed by atoms with E-state index in [1.807, 2.05) is 66.7 Å². The van der Waals surface area contributed by atoms with Crippen molar-refractivity contribution in [1.29, 1.82) is 0 Å². The van der Waals surface area contributed by atoms with Crippen molar-refractivity contribution in [2.24, 2.45) is 0 Å². The first kappa shape index (κ1) is 18.9. The number of hydrogen-bond donors (Lipinski definition) is 1.